The highest BCUT2D eigenvalue weighted by Gasteiger charge is 2.54. The van der Waals surface area contributed by atoms with E-state index in [0.717, 1.165) is 57.8 Å². The highest BCUT2D eigenvalue weighted by Crippen LogP contribution is 2.49. The summed E-state index contributed by atoms with van der Waals surface area (Å²) in [6.07, 6.45) is 31.7. The van der Waals surface area contributed by atoms with Crippen LogP contribution in [0.15, 0.2) is 97.2 Å². The predicted octanol–water partition coefficient (Wildman–Crippen LogP) is 8.14. The normalized spacial score (nSPS) is 22.6. The summed E-state index contributed by atoms with van der Waals surface area (Å²) in [5.74, 6) is -1.33. The smallest absolute Gasteiger partial charge is 0.462 e. The van der Waals surface area contributed by atoms with Crippen molar-refractivity contribution in [1.82, 2.24) is 0 Å². The molecule has 0 spiro atoms. The van der Waals surface area contributed by atoms with Gasteiger partial charge in [0, 0.05) is 12.8 Å². The number of hydrogen-bond donors (Lipinski definition) is 8. The van der Waals surface area contributed by atoms with Gasteiger partial charge in [0.15, 0.2) is 6.10 Å². The van der Waals surface area contributed by atoms with Crippen molar-refractivity contribution in [1.29, 1.82) is 0 Å². The largest absolute Gasteiger partial charge is 0.472 e. The molecule has 0 aromatic rings. The van der Waals surface area contributed by atoms with Crippen LogP contribution in [0.3, 0.4) is 0 Å². The van der Waals surface area contributed by atoms with Crippen LogP contribution in [0.2, 0.25) is 0 Å². The number of unbranched alkanes of at least 4 members (excludes halogenated alkanes) is 8. The average molecular weight is 1000 g/mol. The molecule has 0 aromatic heterocycles. The molecule has 17 nitrogen and oxygen atoms in total. The van der Waals surface area contributed by atoms with Crippen molar-refractivity contribution in [3.63, 3.8) is 0 Å². The van der Waals surface area contributed by atoms with Gasteiger partial charge in [-0.3, -0.25) is 23.2 Å². The summed E-state index contributed by atoms with van der Waals surface area (Å²) in [5, 5.41) is 50.7. The van der Waals surface area contributed by atoms with Crippen molar-refractivity contribution in [3.8, 4) is 0 Å². The first-order valence-corrected chi connectivity index (χ1v) is 26.9. The van der Waals surface area contributed by atoms with Crippen LogP contribution in [0.5, 0.6) is 0 Å². The van der Waals surface area contributed by atoms with Crippen LogP contribution in [-0.2, 0) is 41.8 Å². The fourth-order valence-electron chi connectivity index (χ4n) is 6.43. The molecule has 1 fully saturated rings. The summed E-state index contributed by atoms with van der Waals surface area (Å²) in [6.45, 7) is 2.67. The summed E-state index contributed by atoms with van der Waals surface area (Å²) >= 11 is 0. The Labute approximate surface area is 403 Å². The first-order valence-electron chi connectivity index (χ1n) is 23.9. The Morgan fingerprint density at radius 2 is 1.03 bits per heavy atom. The van der Waals surface area contributed by atoms with Crippen LogP contribution in [0, 0.1) is 0 Å². The number of phosphoric acid groups is 2. The van der Waals surface area contributed by atoms with E-state index < -0.39 is 89.6 Å². The van der Waals surface area contributed by atoms with E-state index in [1.807, 2.05) is 49.5 Å². The van der Waals surface area contributed by atoms with E-state index >= 15 is 0 Å². The predicted molar refractivity (Wildman–Crippen MR) is 261 cm³/mol. The monoisotopic (exact) mass is 1000 g/mol. The number of aliphatic hydroxyl groups excluding tert-OH is 5. The van der Waals surface area contributed by atoms with Gasteiger partial charge in [-0.1, -0.05) is 137 Å². The Hall–Kier alpha value is -3.12. The minimum absolute atomic E-state index is 0.00678. The zero-order valence-corrected chi connectivity index (χ0v) is 41.6. The van der Waals surface area contributed by atoms with Crippen molar-refractivity contribution in [3.05, 3.63) is 97.2 Å². The second-order valence-corrected chi connectivity index (χ2v) is 18.9. The molecule has 1 aliphatic rings. The molecule has 0 radical (unpaired) electrons. The molecule has 9 atom stereocenters. The Balaban J connectivity index is 2.66. The maximum Gasteiger partial charge on any atom is 0.472 e. The topological polar surface area (TPSA) is 276 Å². The number of rotatable bonds is 38. The second kappa shape index (κ2) is 38.6. The number of esters is 2. The molecule has 8 N–H and O–H groups in total. The number of ether oxygens (including phenoxy) is 2. The lowest BCUT2D eigenvalue weighted by Crippen LogP contribution is -2.64. The summed E-state index contributed by atoms with van der Waals surface area (Å²) in [4.78, 5) is 54.3. The third-order valence-electron chi connectivity index (χ3n) is 10.3. The zero-order chi connectivity index (χ0) is 50.5. The van der Waals surface area contributed by atoms with Crippen molar-refractivity contribution >= 4 is 27.6 Å². The second-order valence-electron chi connectivity index (χ2n) is 16.3. The number of aliphatic hydroxyl groups is 5. The quantitative estimate of drug-likeness (QED) is 0.00953. The van der Waals surface area contributed by atoms with E-state index in [1.54, 1.807) is 6.08 Å². The highest BCUT2D eigenvalue weighted by atomic mass is 31.2. The summed E-state index contributed by atoms with van der Waals surface area (Å²) in [7, 11) is -10.7. The minimum atomic E-state index is -5.38. The van der Waals surface area contributed by atoms with Crippen LogP contribution in [-0.4, -0.2) is 114 Å². The van der Waals surface area contributed by atoms with Crippen molar-refractivity contribution in [2.24, 2.45) is 0 Å². The number of carbonyl (C=O) groups excluding carboxylic acids is 2. The molecule has 1 saturated carbocycles. The molecule has 68 heavy (non-hydrogen) atoms. The van der Waals surface area contributed by atoms with E-state index in [4.69, 9.17) is 18.5 Å². The van der Waals surface area contributed by atoms with Gasteiger partial charge in [0.2, 0.25) is 0 Å². The maximum atomic E-state index is 13.0. The standard InChI is InChI=1S/C49H80O17P2/c1-3-5-6-7-8-9-10-11-12-13-14-19-22-25-28-31-34-37-43(52)64-41(39-63-68(60,61)66-49-46(55)44(53)45(54)48(47(49)56)65-67(57,58)59)38-62-42(51)36-33-30-27-24-21-18-16-15-17-20-23-26-29-32-35-40(50)4-2/h8-9,11-12,14,16-20,24,26-27,29,32,35,40-41,44-50,53-56H,3-7,10,13,15,21-23,25,28,30-31,33-34,36-39H2,1-2H3,(H,60,61)(H2,57,58,59)/b9-8-,12-11-,18-16-,19-14-,20-17-,27-24-,29-26-,35-32+/t40-,41+,44?,45?,46?,47?,48+,49-/m0/s1. The lowest BCUT2D eigenvalue weighted by Gasteiger charge is -2.43. The number of phosphoric ester groups is 2. The Bertz CT molecular complexity index is 1700. The summed E-state index contributed by atoms with van der Waals surface area (Å²) in [5.41, 5.74) is 0. The van der Waals surface area contributed by atoms with Gasteiger partial charge in [-0.2, -0.15) is 0 Å². The van der Waals surface area contributed by atoms with E-state index in [1.165, 1.54) is 19.3 Å². The SMILES string of the molecule is CCCCC/C=C\C/C=C\C/C=C\CCCCCCC(=O)O[C@H](COC(=O)CCC/C=C\C/C=C\C/C=C\C/C=C\C=C\[C@@H](O)CC)COP(=O)(O)O[C@H]1C(O)C(O)C(O)[C@@H](OP(=O)(O)O)C1O. The van der Waals surface area contributed by atoms with Gasteiger partial charge in [-0.25, -0.2) is 9.13 Å². The van der Waals surface area contributed by atoms with Gasteiger partial charge < -0.3 is 49.7 Å². The molecule has 0 heterocycles. The van der Waals surface area contributed by atoms with Crippen LogP contribution in [0.1, 0.15) is 136 Å². The van der Waals surface area contributed by atoms with Gasteiger partial charge >= 0.3 is 27.6 Å². The Kier molecular flexibility index (Phi) is 35.7. The van der Waals surface area contributed by atoms with Gasteiger partial charge in [-0.15, -0.1) is 0 Å². The molecule has 0 aliphatic heterocycles. The molecule has 388 valence electrons. The van der Waals surface area contributed by atoms with Crippen LogP contribution >= 0.6 is 15.6 Å². The average Bonchev–Trinajstić information content (AvgIpc) is 3.29. The van der Waals surface area contributed by atoms with E-state index in [9.17, 15) is 58.9 Å². The molecular weight excluding hydrogens is 922 g/mol. The third kappa shape index (κ3) is 32.6. The van der Waals surface area contributed by atoms with Gasteiger partial charge in [-0.05, 0) is 83.5 Å². The molecule has 0 amide bonds. The molecule has 0 bridgehead atoms. The Morgan fingerprint density at radius 1 is 0.544 bits per heavy atom. The van der Waals surface area contributed by atoms with Gasteiger partial charge in [0.1, 0.15) is 43.2 Å². The molecule has 0 saturated heterocycles. The van der Waals surface area contributed by atoms with Crippen LogP contribution in [0.25, 0.3) is 0 Å². The number of carbonyl (C=O) groups is 2. The van der Waals surface area contributed by atoms with Crippen molar-refractivity contribution in [2.75, 3.05) is 13.2 Å². The van der Waals surface area contributed by atoms with E-state index in [-0.39, 0.29) is 12.8 Å². The summed E-state index contributed by atoms with van der Waals surface area (Å²) < 4.78 is 49.3. The van der Waals surface area contributed by atoms with E-state index in [2.05, 4.69) is 60.1 Å². The fourth-order valence-corrected chi connectivity index (χ4v) is 7.97. The minimum Gasteiger partial charge on any atom is -0.462 e. The third-order valence-corrected chi connectivity index (χ3v) is 11.8. The number of hydrogen-bond acceptors (Lipinski definition) is 14. The summed E-state index contributed by atoms with van der Waals surface area (Å²) in [6, 6.07) is 0. The molecule has 5 unspecified atom stereocenters. The van der Waals surface area contributed by atoms with Gasteiger partial charge in [0.25, 0.3) is 0 Å². The lowest BCUT2D eigenvalue weighted by atomic mass is 9.85. The van der Waals surface area contributed by atoms with E-state index in [0.29, 0.717) is 32.1 Å². The number of allylic oxidation sites excluding steroid dienone is 15. The van der Waals surface area contributed by atoms with Gasteiger partial charge in [0.05, 0.1) is 12.7 Å². The highest BCUT2D eigenvalue weighted by molar-refractivity contribution is 7.47. The fraction of sp³-hybridized carbons (Fsp3) is 0.633. The Morgan fingerprint density at radius 3 is 1.57 bits per heavy atom. The zero-order valence-electron chi connectivity index (χ0n) is 39.9. The van der Waals surface area contributed by atoms with Crippen molar-refractivity contribution < 1.29 is 82.0 Å². The first kappa shape index (κ1) is 62.9. The van der Waals surface area contributed by atoms with Crippen molar-refractivity contribution in [2.45, 2.75) is 185 Å². The molecule has 1 rings (SSSR count). The lowest BCUT2D eigenvalue weighted by molar-refractivity contribution is -0.216. The maximum absolute atomic E-state index is 13.0. The molecule has 19 heteroatoms. The molecule has 1 aliphatic carbocycles. The van der Waals surface area contributed by atoms with Crippen LogP contribution < -0.4 is 0 Å². The first-order chi connectivity index (χ1) is 32.5. The molecular formula is C49H80O17P2. The molecule has 0 aromatic carbocycles. The van der Waals surface area contributed by atoms with Crippen LogP contribution in [0.4, 0.5) is 0 Å².